The second-order valence-corrected chi connectivity index (χ2v) is 6.79. The van der Waals surface area contributed by atoms with Gasteiger partial charge in [0.1, 0.15) is 6.54 Å². The molecule has 5 rings (SSSR count). The van der Waals surface area contributed by atoms with Crippen LogP contribution in [0.3, 0.4) is 0 Å². The molecule has 3 amide bonds. The minimum Gasteiger partial charge on any atom is -0.461 e. The van der Waals surface area contributed by atoms with Crippen LogP contribution in [-0.2, 0) is 16.9 Å². The highest BCUT2D eigenvalue weighted by molar-refractivity contribution is 6.09. The molecule has 0 spiro atoms. The van der Waals surface area contributed by atoms with Crippen LogP contribution in [0.25, 0.3) is 11.6 Å². The molecule has 2 aromatic carbocycles. The van der Waals surface area contributed by atoms with Gasteiger partial charge in [0.15, 0.2) is 11.3 Å². The molecule has 1 saturated heterocycles. The van der Waals surface area contributed by atoms with Gasteiger partial charge in [0, 0.05) is 0 Å². The zero-order valence-corrected chi connectivity index (χ0v) is 15.7. The number of carbonyl (C=O) groups excluding carboxylic acids is 2. The van der Waals surface area contributed by atoms with E-state index in [-0.39, 0.29) is 18.3 Å². The monoisotopic (exact) mass is 400 g/mol. The van der Waals surface area contributed by atoms with Gasteiger partial charge in [-0.2, -0.15) is 4.98 Å². The van der Waals surface area contributed by atoms with Gasteiger partial charge in [-0.15, -0.1) is 0 Å². The van der Waals surface area contributed by atoms with E-state index < -0.39 is 17.5 Å². The van der Waals surface area contributed by atoms with Gasteiger partial charge in [0.2, 0.25) is 11.7 Å². The third-order valence-corrected chi connectivity index (χ3v) is 5.02. The van der Waals surface area contributed by atoms with Crippen molar-refractivity contribution in [2.75, 3.05) is 0 Å². The van der Waals surface area contributed by atoms with Crippen LogP contribution in [0.5, 0.6) is 0 Å². The van der Waals surface area contributed by atoms with Crippen molar-refractivity contribution in [1.29, 1.82) is 0 Å². The molecule has 0 unspecified atom stereocenters. The minimum atomic E-state index is -1.33. The van der Waals surface area contributed by atoms with Crippen molar-refractivity contribution in [3.05, 3.63) is 96.1 Å². The van der Waals surface area contributed by atoms with Gasteiger partial charge in [0.25, 0.3) is 5.91 Å². The maximum atomic E-state index is 13.6. The van der Waals surface area contributed by atoms with E-state index in [0.29, 0.717) is 16.9 Å². The quantitative estimate of drug-likeness (QED) is 0.516. The summed E-state index contributed by atoms with van der Waals surface area (Å²) < 4.78 is 10.5. The Bertz CT molecular complexity index is 1150. The number of nitrogens with one attached hydrogen (secondary N) is 1. The first-order chi connectivity index (χ1) is 14.7. The number of furan rings is 1. The van der Waals surface area contributed by atoms with E-state index in [9.17, 15) is 9.59 Å². The summed E-state index contributed by atoms with van der Waals surface area (Å²) in [5.41, 5.74) is 0.00132. The zero-order valence-electron chi connectivity index (χ0n) is 15.7. The number of carbonyl (C=O) groups is 2. The number of urea groups is 1. The highest BCUT2D eigenvalue weighted by atomic mass is 16.5. The van der Waals surface area contributed by atoms with Crippen LogP contribution in [0.2, 0.25) is 0 Å². The van der Waals surface area contributed by atoms with Crippen molar-refractivity contribution < 1.29 is 18.5 Å². The Morgan fingerprint density at radius 2 is 1.57 bits per heavy atom. The first-order valence-electron chi connectivity index (χ1n) is 9.30. The summed E-state index contributed by atoms with van der Waals surface area (Å²) in [6.45, 7) is -0.153. The largest absolute Gasteiger partial charge is 0.461 e. The third kappa shape index (κ3) is 2.77. The molecule has 148 valence electrons. The molecule has 1 N–H and O–H groups in total. The van der Waals surface area contributed by atoms with Gasteiger partial charge in [-0.3, -0.25) is 9.69 Å². The van der Waals surface area contributed by atoms with E-state index >= 15 is 0 Å². The van der Waals surface area contributed by atoms with Crippen molar-refractivity contribution in [2.24, 2.45) is 0 Å². The number of rotatable bonds is 5. The lowest BCUT2D eigenvalue weighted by Crippen LogP contribution is -2.45. The predicted molar refractivity (Wildman–Crippen MR) is 105 cm³/mol. The van der Waals surface area contributed by atoms with E-state index in [1.54, 1.807) is 12.1 Å². The van der Waals surface area contributed by atoms with Crippen molar-refractivity contribution in [1.82, 2.24) is 20.4 Å². The first-order valence-corrected chi connectivity index (χ1v) is 9.30. The van der Waals surface area contributed by atoms with Crippen LogP contribution in [0.15, 0.2) is 88.0 Å². The SMILES string of the molecule is O=C1NC(c2ccccc2)(c2ccccc2)C(=O)N1Cc1nc(-c2ccco2)no1. The summed E-state index contributed by atoms with van der Waals surface area (Å²) in [4.78, 5) is 31.8. The Hall–Kier alpha value is -4.20. The van der Waals surface area contributed by atoms with Crippen LogP contribution >= 0.6 is 0 Å². The maximum absolute atomic E-state index is 13.6. The van der Waals surface area contributed by atoms with Crippen molar-refractivity contribution in [3.63, 3.8) is 0 Å². The molecule has 8 nitrogen and oxygen atoms in total. The lowest BCUT2D eigenvalue weighted by molar-refractivity contribution is -0.130. The molecule has 0 saturated carbocycles. The average Bonchev–Trinajstić information content (AvgIpc) is 3.52. The van der Waals surface area contributed by atoms with E-state index in [2.05, 4.69) is 15.5 Å². The standard InChI is InChI=1S/C22H16N4O4/c27-20-22(15-8-3-1-4-9-15,16-10-5-2-6-11-16)24-21(28)26(20)14-18-23-19(25-30-18)17-12-7-13-29-17/h1-13H,14H2,(H,24,28). The van der Waals surface area contributed by atoms with Gasteiger partial charge in [-0.25, -0.2) is 4.79 Å². The van der Waals surface area contributed by atoms with Gasteiger partial charge in [-0.05, 0) is 23.3 Å². The summed E-state index contributed by atoms with van der Waals surface area (Å²) >= 11 is 0. The molecule has 30 heavy (non-hydrogen) atoms. The first kappa shape index (κ1) is 17.9. The Labute approximate surface area is 171 Å². The molecule has 2 aromatic heterocycles. The molecule has 1 fully saturated rings. The topological polar surface area (TPSA) is 101 Å². The lowest BCUT2D eigenvalue weighted by atomic mass is 9.82. The number of amides is 3. The van der Waals surface area contributed by atoms with Crippen molar-refractivity contribution in [2.45, 2.75) is 12.1 Å². The molecule has 3 heterocycles. The molecule has 0 bridgehead atoms. The Morgan fingerprint density at radius 3 is 2.17 bits per heavy atom. The molecule has 0 radical (unpaired) electrons. The fourth-order valence-electron chi connectivity index (χ4n) is 3.61. The molecular formula is C22H16N4O4. The predicted octanol–water partition coefficient (Wildman–Crippen LogP) is 3.33. The summed E-state index contributed by atoms with van der Waals surface area (Å²) in [6, 6.07) is 21.2. The molecule has 4 aromatic rings. The number of imide groups is 1. The van der Waals surface area contributed by atoms with E-state index in [0.717, 1.165) is 4.90 Å². The minimum absolute atomic E-state index is 0.127. The number of hydrogen-bond acceptors (Lipinski definition) is 6. The van der Waals surface area contributed by atoms with Crippen molar-refractivity contribution >= 4 is 11.9 Å². The van der Waals surface area contributed by atoms with Crippen LogP contribution in [0.1, 0.15) is 17.0 Å². The second kappa shape index (κ2) is 7.00. The average molecular weight is 400 g/mol. The van der Waals surface area contributed by atoms with E-state index in [1.165, 1.54) is 6.26 Å². The Kier molecular flexibility index (Phi) is 4.17. The highest BCUT2D eigenvalue weighted by Gasteiger charge is 2.54. The van der Waals surface area contributed by atoms with Gasteiger partial charge in [0.05, 0.1) is 6.26 Å². The summed E-state index contributed by atoms with van der Waals surface area (Å²) in [6.07, 6.45) is 1.50. The van der Waals surface area contributed by atoms with Crippen LogP contribution < -0.4 is 5.32 Å². The van der Waals surface area contributed by atoms with E-state index in [1.807, 2.05) is 60.7 Å². The highest BCUT2D eigenvalue weighted by Crippen LogP contribution is 2.36. The molecule has 1 aliphatic rings. The summed E-state index contributed by atoms with van der Waals surface area (Å²) in [5.74, 6) is 0.397. The van der Waals surface area contributed by atoms with E-state index in [4.69, 9.17) is 8.94 Å². The second-order valence-electron chi connectivity index (χ2n) is 6.79. The normalized spacial score (nSPS) is 15.4. The fraction of sp³-hybridized carbons (Fsp3) is 0.0909. The molecule has 1 aliphatic heterocycles. The number of hydrogen-bond donors (Lipinski definition) is 1. The molecule has 0 atom stereocenters. The number of benzene rings is 2. The Morgan fingerprint density at radius 1 is 0.900 bits per heavy atom. The third-order valence-electron chi connectivity index (χ3n) is 5.02. The maximum Gasteiger partial charge on any atom is 0.326 e. The van der Waals surface area contributed by atoms with Gasteiger partial charge in [-0.1, -0.05) is 65.8 Å². The van der Waals surface area contributed by atoms with Gasteiger partial charge < -0.3 is 14.3 Å². The molecule has 0 aliphatic carbocycles. The number of aromatic nitrogens is 2. The molecule has 8 heteroatoms. The van der Waals surface area contributed by atoms with Crippen LogP contribution in [0, 0.1) is 0 Å². The van der Waals surface area contributed by atoms with Crippen LogP contribution in [-0.4, -0.2) is 27.0 Å². The smallest absolute Gasteiger partial charge is 0.326 e. The number of nitrogens with zero attached hydrogens (tertiary/aromatic N) is 3. The van der Waals surface area contributed by atoms with Crippen LogP contribution in [0.4, 0.5) is 4.79 Å². The Balaban J connectivity index is 1.51. The summed E-state index contributed by atoms with van der Waals surface area (Å²) in [7, 11) is 0. The summed E-state index contributed by atoms with van der Waals surface area (Å²) in [5, 5.41) is 6.74. The lowest BCUT2D eigenvalue weighted by Gasteiger charge is -2.27. The zero-order chi connectivity index (χ0) is 20.6. The van der Waals surface area contributed by atoms with Gasteiger partial charge >= 0.3 is 6.03 Å². The fourth-order valence-corrected chi connectivity index (χ4v) is 3.61. The van der Waals surface area contributed by atoms with Crippen molar-refractivity contribution in [3.8, 4) is 11.6 Å². The molecular weight excluding hydrogens is 384 g/mol.